The quantitative estimate of drug-likeness (QED) is 0.887. The molecule has 7 heteroatoms. The summed E-state index contributed by atoms with van der Waals surface area (Å²) < 4.78 is 12.0. The number of methoxy groups -OCH3 is 2. The summed E-state index contributed by atoms with van der Waals surface area (Å²) in [6.45, 7) is 2.94. The van der Waals surface area contributed by atoms with E-state index in [-0.39, 0.29) is 12.5 Å². The molecule has 0 saturated heterocycles. The predicted molar refractivity (Wildman–Crippen MR) is 83.6 cm³/mol. The van der Waals surface area contributed by atoms with Gasteiger partial charge in [0.25, 0.3) is 5.91 Å². The third-order valence-electron chi connectivity index (χ3n) is 3.14. The van der Waals surface area contributed by atoms with Gasteiger partial charge >= 0.3 is 0 Å². The Labute approximate surface area is 134 Å². The summed E-state index contributed by atoms with van der Waals surface area (Å²) in [5.74, 6) is 0.856. The van der Waals surface area contributed by atoms with Gasteiger partial charge in [0.2, 0.25) is 0 Å². The summed E-state index contributed by atoms with van der Waals surface area (Å²) >= 11 is 6.07. The van der Waals surface area contributed by atoms with Gasteiger partial charge in [0.05, 0.1) is 25.8 Å². The van der Waals surface area contributed by atoms with Gasteiger partial charge in [-0.2, -0.15) is 5.10 Å². The van der Waals surface area contributed by atoms with E-state index in [4.69, 9.17) is 21.1 Å². The van der Waals surface area contributed by atoms with Crippen LogP contribution < -0.4 is 14.8 Å². The van der Waals surface area contributed by atoms with Crippen molar-refractivity contribution in [3.63, 3.8) is 0 Å². The number of ether oxygens (including phenoxy) is 2. The number of hydrogen-bond acceptors (Lipinski definition) is 4. The molecule has 0 radical (unpaired) electrons. The molecule has 2 aromatic rings. The highest BCUT2D eigenvalue weighted by molar-refractivity contribution is 6.31. The molecule has 0 atom stereocenters. The Morgan fingerprint density at radius 3 is 2.41 bits per heavy atom. The molecule has 6 nitrogen and oxygen atoms in total. The summed E-state index contributed by atoms with van der Waals surface area (Å²) in [4.78, 5) is 12.2. The van der Waals surface area contributed by atoms with Crippen molar-refractivity contribution in [3.05, 3.63) is 40.7 Å². The van der Waals surface area contributed by atoms with Gasteiger partial charge in [-0.1, -0.05) is 11.6 Å². The van der Waals surface area contributed by atoms with Gasteiger partial charge in [-0.25, -0.2) is 0 Å². The number of carbonyl (C=O) groups excluding carboxylic acids is 1. The van der Waals surface area contributed by atoms with Crippen molar-refractivity contribution in [2.24, 2.45) is 0 Å². The number of aryl methyl sites for hydroxylation is 1. The smallest absolute Gasteiger partial charge is 0.251 e. The van der Waals surface area contributed by atoms with E-state index >= 15 is 0 Å². The second-order valence-electron chi connectivity index (χ2n) is 4.56. The van der Waals surface area contributed by atoms with E-state index in [1.807, 2.05) is 6.92 Å². The lowest BCUT2D eigenvalue weighted by molar-refractivity contribution is 0.0949. The third kappa shape index (κ3) is 3.71. The number of amides is 1. The molecule has 0 unspecified atom stereocenters. The Balaban J connectivity index is 2.10. The molecular formula is C15H18ClN3O3. The zero-order valence-corrected chi connectivity index (χ0v) is 13.5. The second-order valence-corrected chi connectivity index (χ2v) is 4.97. The van der Waals surface area contributed by atoms with Crippen LogP contribution in [0.2, 0.25) is 5.02 Å². The first-order valence-corrected chi connectivity index (χ1v) is 7.18. The first kappa shape index (κ1) is 16.2. The summed E-state index contributed by atoms with van der Waals surface area (Å²) in [6.07, 6.45) is 1.73. The number of halogens is 1. The molecular weight excluding hydrogens is 306 g/mol. The molecule has 0 bridgehead atoms. The minimum atomic E-state index is -0.251. The fraction of sp³-hybridized carbons (Fsp3) is 0.333. The number of rotatable bonds is 6. The summed E-state index contributed by atoms with van der Waals surface area (Å²) in [7, 11) is 3.07. The van der Waals surface area contributed by atoms with E-state index in [2.05, 4.69) is 10.4 Å². The van der Waals surface area contributed by atoms with Crippen molar-refractivity contribution in [1.82, 2.24) is 15.1 Å². The summed E-state index contributed by atoms with van der Waals surface area (Å²) in [5.41, 5.74) is 1.08. The summed E-state index contributed by atoms with van der Waals surface area (Å²) in [6, 6.07) is 4.99. The van der Waals surface area contributed by atoms with Crippen molar-refractivity contribution in [2.45, 2.75) is 20.0 Å². The van der Waals surface area contributed by atoms with Crippen molar-refractivity contribution in [2.75, 3.05) is 14.2 Å². The van der Waals surface area contributed by atoms with Crippen LogP contribution in [0.15, 0.2) is 24.4 Å². The zero-order valence-electron chi connectivity index (χ0n) is 12.7. The Morgan fingerprint density at radius 2 is 1.91 bits per heavy atom. The predicted octanol–water partition coefficient (Wildman–Crippen LogP) is 2.50. The molecule has 0 fully saturated rings. The van der Waals surface area contributed by atoms with Gasteiger partial charge in [0, 0.05) is 24.4 Å². The maximum absolute atomic E-state index is 12.2. The lowest BCUT2D eigenvalue weighted by Gasteiger charge is -2.08. The SMILES string of the molecule is CCn1cc(Cl)c(CNC(=O)c2cc(OC)cc(OC)c2)n1. The van der Waals surface area contributed by atoms with Crippen LogP contribution in [-0.2, 0) is 13.1 Å². The molecule has 1 aromatic heterocycles. The van der Waals surface area contributed by atoms with Crippen LogP contribution in [0, 0.1) is 0 Å². The maximum Gasteiger partial charge on any atom is 0.251 e. The van der Waals surface area contributed by atoms with Crippen LogP contribution in [0.3, 0.4) is 0 Å². The Morgan fingerprint density at radius 1 is 1.27 bits per heavy atom. The van der Waals surface area contributed by atoms with Gasteiger partial charge in [0.1, 0.15) is 17.2 Å². The van der Waals surface area contributed by atoms with Gasteiger partial charge in [0.15, 0.2) is 0 Å². The standard InChI is InChI=1S/C15H18ClN3O3/c1-4-19-9-13(16)14(18-19)8-17-15(20)10-5-11(21-2)7-12(6-10)22-3/h5-7,9H,4,8H2,1-3H3,(H,17,20). The Bertz CT molecular complexity index is 648. The topological polar surface area (TPSA) is 65.4 Å². The van der Waals surface area contributed by atoms with Gasteiger partial charge in [-0.3, -0.25) is 9.48 Å². The average molecular weight is 324 g/mol. The highest BCUT2D eigenvalue weighted by Crippen LogP contribution is 2.22. The van der Waals surface area contributed by atoms with E-state index < -0.39 is 0 Å². The second kappa shape index (κ2) is 7.17. The Kier molecular flexibility index (Phi) is 5.27. The van der Waals surface area contributed by atoms with Gasteiger partial charge in [-0.15, -0.1) is 0 Å². The molecule has 22 heavy (non-hydrogen) atoms. The van der Waals surface area contributed by atoms with Crippen LogP contribution in [0.25, 0.3) is 0 Å². The third-order valence-corrected chi connectivity index (χ3v) is 3.46. The normalized spacial score (nSPS) is 10.4. The van der Waals surface area contributed by atoms with Crippen LogP contribution in [-0.4, -0.2) is 29.9 Å². The molecule has 1 N–H and O–H groups in total. The van der Waals surface area contributed by atoms with E-state index in [0.717, 1.165) is 6.54 Å². The first-order chi connectivity index (χ1) is 10.6. The number of hydrogen-bond donors (Lipinski definition) is 1. The average Bonchev–Trinajstić information content (AvgIpc) is 2.92. The van der Waals surface area contributed by atoms with Crippen molar-refractivity contribution < 1.29 is 14.3 Å². The Hall–Kier alpha value is -2.21. The molecule has 2 rings (SSSR count). The molecule has 0 aliphatic heterocycles. The number of benzene rings is 1. The van der Waals surface area contributed by atoms with Crippen LogP contribution in [0.5, 0.6) is 11.5 Å². The lowest BCUT2D eigenvalue weighted by atomic mass is 10.2. The van der Waals surface area contributed by atoms with E-state index in [9.17, 15) is 4.79 Å². The maximum atomic E-state index is 12.2. The molecule has 1 heterocycles. The molecule has 0 aliphatic rings. The molecule has 0 aliphatic carbocycles. The van der Waals surface area contributed by atoms with Crippen molar-refractivity contribution in [3.8, 4) is 11.5 Å². The number of nitrogens with zero attached hydrogens (tertiary/aromatic N) is 2. The number of aromatic nitrogens is 2. The van der Waals surface area contributed by atoms with Crippen molar-refractivity contribution in [1.29, 1.82) is 0 Å². The zero-order chi connectivity index (χ0) is 16.1. The minimum absolute atomic E-state index is 0.251. The van der Waals surface area contributed by atoms with Crippen LogP contribution in [0.1, 0.15) is 23.0 Å². The highest BCUT2D eigenvalue weighted by atomic mass is 35.5. The van der Waals surface area contributed by atoms with Gasteiger partial charge < -0.3 is 14.8 Å². The minimum Gasteiger partial charge on any atom is -0.497 e. The first-order valence-electron chi connectivity index (χ1n) is 6.80. The summed E-state index contributed by atoms with van der Waals surface area (Å²) in [5, 5.41) is 7.60. The highest BCUT2D eigenvalue weighted by Gasteiger charge is 2.12. The lowest BCUT2D eigenvalue weighted by Crippen LogP contribution is -2.23. The molecule has 1 amide bonds. The molecule has 118 valence electrons. The molecule has 1 aromatic carbocycles. The van der Waals surface area contributed by atoms with Gasteiger partial charge in [-0.05, 0) is 19.1 Å². The fourth-order valence-electron chi connectivity index (χ4n) is 1.92. The van der Waals surface area contributed by atoms with Crippen molar-refractivity contribution >= 4 is 17.5 Å². The monoisotopic (exact) mass is 323 g/mol. The number of carbonyl (C=O) groups is 1. The van der Waals surface area contributed by atoms with E-state index in [1.165, 1.54) is 14.2 Å². The molecule has 0 saturated carbocycles. The van der Waals surface area contributed by atoms with E-state index in [0.29, 0.717) is 27.8 Å². The van der Waals surface area contributed by atoms with Crippen LogP contribution in [0.4, 0.5) is 0 Å². The largest absolute Gasteiger partial charge is 0.497 e. The number of nitrogens with one attached hydrogen (secondary N) is 1. The van der Waals surface area contributed by atoms with Crippen LogP contribution >= 0.6 is 11.6 Å². The molecule has 0 spiro atoms. The fourth-order valence-corrected chi connectivity index (χ4v) is 2.14. The van der Waals surface area contributed by atoms with E-state index in [1.54, 1.807) is 29.1 Å².